The summed E-state index contributed by atoms with van der Waals surface area (Å²) in [6.07, 6.45) is 0.513. The molecule has 0 atom stereocenters. The lowest BCUT2D eigenvalue weighted by Gasteiger charge is -2.14. The third-order valence-electron chi connectivity index (χ3n) is 3.28. The molecule has 0 saturated heterocycles. The molecular weight excluding hydrogens is 383 g/mol. The van der Waals surface area contributed by atoms with Crippen LogP contribution in [0.4, 0.5) is 4.39 Å². The van der Waals surface area contributed by atoms with Gasteiger partial charge in [0, 0.05) is 15.6 Å². The van der Waals surface area contributed by atoms with Crippen LogP contribution in [0.3, 0.4) is 0 Å². The molecule has 5 nitrogen and oxygen atoms in total. The molecule has 2 aromatic carbocycles. The number of hydrogen-bond donors (Lipinski definition) is 0. The number of benzene rings is 2. The average Bonchev–Trinajstić information content (AvgIpc) is 2.59. The number of esters is 1. The molecular formula is C17H14BrFO5. The highest BCUT2D eigenvalue weighted by atomic mass is 79.9. The van der Waals surface area contributed by atoms with Gasteiger partial charge in [0.15, 0.2) is 17.8 Å². The van der Waals surface area contributed by atoms with Crippen LogP contribution in [-0.2, 0) is 11.3 Å². The van der Waals surface area contributed by atoms with E-state index in [1.807, 2.05) is 0 Å². The summed E-state index contributed by atoms with van der Waals surface area (Å²) in [5.74, 6) is -0.950. The minimum absolute atomic E-state index is 0.0654. The van der Waals surface area contributed by atoms with E-state index in [-0.39, 0.29) is 34.8 Å². The molecule has 0 fully saturated rings. The predicted octanol–water partition coefficient (Wildman–Crippen LogP) is 3.77. The number of halogens is 2. The summed E-state index contributed by atoms with van der Waals surface area (Å²) in [4.78, 5) is 23.6. The Kier molecular flexibility index (Phi) is 5.92. The van der Waals surface area contributed by atoms with Gasteiger partial charge >= 0.3 is 5.97 Å². The first-order valence-corrected chi connectivity index (χ1v) is 7.62. The summed E-state index contributed by atoms with van der Waals surface area (Å²) in [6, 6.07) is 7.33. The Hall–Kier alpha value is -2.41. The molecule has 0 N–H and O–H groups in total. The van der Waals surface area contributed by atoms with Gasteiger partial charge in [-0.05, 0) is 24.3 Å². The number of carbonyl (C=O) groups is 2. The molecule has 0 aromatic heterocycles. The molecule has 0 saturated carbocycles. The van der Waals surface area contributed by atoms with E-state index in [9.17, 15) is 14.0 Å². The third kappa shape index (κ3) is 3.73. The van der Waals surface area contributed by atoms with Gasteiger partial charge in [0.1, 0.15) is 18.0 Å². The number of carbonyl (C=O) groups excluding carboxylic acids is 2. The fraction of sp³-hybridized carbons (Fsp3) is 0.176. The molecule has 0 amide bonds. The number of rotatable bonds is 6. The monoisotopic (exact) mass is 396 g/mol. The van der Waals surface area contributed by atoms with Crippen LogP contribution in [0.1, 0.15) is 26.3 Å². The van der Waals surface area contributed by atoms with Crippen LogP contribution in [0.2, 0.25) is 0 Å². The lowest BCUT2D eigenvalue weighted by atomic mass is 10.1. The molecule has 2 rings (SSSR count). The normalized spacial score (nSPS) is 10.2. The van der Waals surface area contributed by atoms with Crippen molar-refractivity contribution in [2.75, 3.05) is 14.2 Å². The van der Waals surface area contributed by atoms with Gasteiger partial charge in [-0.25, -0.2) is 9.18 Å². The van der Waals surface area contributed by atoms with Crippen molar-refractivity contribution in [1.82, 2.24) is 0 Å². The van der Waals surface area contributed by atoms with Crippen LogP contribution in [0.5, 0.6) is 11.5 Å². The predicted molar refractivity (Wildman–Crippen MR) is 88.2 cm³/mol. The average molecular weight is 397 g/mol. The fourth-order valence-electron chi connectivity index (χ4n) is 2.11. The van der Waals surface area contributed by atoms with E-state index in [2.05, 4.69) is 15.9 Å². The molecule has 0 aliphatic carbocycles. The molecule has 0 bridgehead atoms. The molecule has 0 aliphatic rings. The summed E-state index contributed by atoms with van der Waals surface area (Å²) < 4.78 is 29.8. The van der Waals surface area contributed by atoms with Gasteiger partial charge in [0.05, 0.1) is 14.2 Å². The van der Waals surface area contributed by atoms with Crippen molar-refractivity contribution in [2.45, 2.75) is 6.61 Å². The number of ether oxygens (including phenoxy) is 3. The van der Waals surface area contributed by atoms with Crippen molar-refractivity contribution >= 4 is 28.2 Å². The second kappa shape index (κ2) is 7.92. The van der Waals surface area contributed by atoms with Crippen molar-refractivity contribution in [3.63, 3.8) is 0 Å². The van der Waals surface area contributed by atoms with Crippen molar-refractivity contribution in [2.24, 2.45) is 0 Å². The first kappa shape index (κ1) is 17.9. The molecule has 24 heavy (non-hydrogen) atoms. The summed E-state index contributed by atoms with van der Waals surface area (Å²) in [5.41, 5.74) is 0.236. The van der Waals surface area contributed by atoms with Gasteiger partial charge in [-0.15, -0.1) is 0 Å². The van der Waals surface area contributed by atoms with Crippen LogP contribution < -0.4 is 9.47 Å². The van der Waals surface area contributed by atoms with E-state index in [4.69, 9.17) is 14.2 Å². The number of aldehydes is 1. The Balaban J connectivity index is 2.30. The van der Waals surface area contributed by atoms with Crippen molar-refractivity contribution in [1.29, 1.82) is 0 Å². The van der Waals surface area contributed by atoms with Crippen LogP contribution in [0.25, 0.3) is 0 Å². The van der Waals surface area contributed by atoms with E-state index in [0.29, 0.717) is 10.8 Å². The van der Waals surface area contributed by atoms with Gasteiger partial charge in [0.25, 0.3) is 0 Å². The topological polar surface area (TPSA) is 61.8 Å². The summed E-state index contributed by atoms with van der Waals surface area (Å²) in [5, 5.41) is 0. The van der Waals surface area contributed by atoms with E-state index in [1.54, 1.807) is 6.07 Å². The summed E-state index contributed by atoms with van der Waals surface area (Å²) in [7, 11) is 2.75. The Morgan fingerprint density at radius 1 is 1.21 bits per heavy atom. The van der Waals surface area contributed by atoms with E-state index in [1.165, 1.54) is 38.5 Å². The van der Waals surface area contributed by atoms with Crippen LogP contribution in [0.15, 0.2) is 34.8 Å². The Morgan fingerprint density at radius 2 is 1.96 bits per heavy atom. The maximum absolute atomic E-state index is 13.8. The van der Waals surface area contributed by atoms with E-state index >= 15 is 0 Å². The first-order chi connectivity index (χ1) is 11.5. The second-order valence-electron chi connectivity index (χ2n) is 4.70. The van der Waals surface area contributed by atoms with Crippen molar-refractivity contribution < 1.29 is 28.2 Å². The largest absolute Gasteiger partial charge is 0.493 e. The highest BCUT2D eigenvalue weighted by Gasteiger charge is 2.23. The zero-order valence-corrected chi connectivity index (χ0v) is 14.6. The van der Waals surface area contributed by atoms with E-state index < -0.39 is 11.8 Å². The van der Waals surface area contributed by atoms with Crippen LogP contribution in [-0.4, -0.2) is 26.5 Å². The lowest BCUT2D eigenvalue weighted by Crippen LogP contribution is -2.11. The number of hydrogen-bond acceptors (Lipinski definition) is 5. The number of methoxy groups -OCH3 is 2. The fourth-order valence-corrected chi connectivity index (χ4v) is 2.44. The Morgan fingerprint density at radius 3 is 2.54 bits per heavy atom. The van der Waals surface area contributed by atoms with Crippen molar-refractivity contribution in [3.8, 4) is 11.5 Å². The highest BCUT2D eigenvalue weighted by Crippen LogP contribution is 2.33. The van der Waals surface area contributed by atoms with Gasteiger partial charge in [0.2, 0.25) is 0 Å². The SMILES string of the molecule is COc1ccc(C=O)c(C(=O)OCc2ccc(Br)cc2F)c1OC. The zero-order chi connectivity index (χ0) is 17.7. The zero-order valence-electron chi connectivity index (χ0n) is 13.0. The van der Waals surface area contributed by atoms with E-state index in [0.717, 1.165) is 0 Å². The molecule has 0 aliphatic heterocycles. The second-order valence-corrected chi connectivity index (χ2v) is 5.61. The quantitative estimate of drug-likeness (QED) is 0.549. The maximum Gasteiger partial charge on any atom is 0.343 e. The highest BCUT2D eigenvalue weighted by molar-refractivity contribution is 9.10. The first-order valence-electron chi connectivity index (χ1n) is 6.83. The molecule has 0 unspecified atom stereocenters. The Bertz CT molecular complexity index is 776. The Labute approximate surface area is 146 Å². The smallest absolute Gasteiger partial charge is 0.343 e. The maximum atomic E-state index is 13.8. The molecule has 2 aromatic rings. The molecule has 0 spiro atoms. The van der Waals surface area contributed by atoms with Crippen LogP contribution >= 0.6 is 15.9 Å². The molecule has 126 valence electrons. The molecule has 7 heteroatoms. The standard InChI is InChI=1S/C17H14BrFO5/c1-22-14-6-4-10(8-20)15(16(14)23-2)17(21)24-9-11-3-5-12(18)7-13(11)19/h3-8H,9H2,1-2H3. The van der Waals surface area contributed by atoms with Gasteiger partial charge in [-0.2, -0.15) is 0 Å². The van der Waals surface area contributed by atoms with Crippen LogP contribution in [0, 0.1) is 5.82 Å². The van der Waals surface area contributed by atoms with Gasteiger partial charge in [-0.3, -0.25) is 4.79 Å². The van der Waals surface area contributed by atoms with Crippen molar-refractivity contribution in [3.05, 3.63) is 57.3 Å². The lowest BCUT2D eigenvalue weighted by molar-refractivity contribution is 0.0462. The van der Waals surface area contributed by atoms with Gasteiger partial charge in [-0.1, -0.05) is 22.0 Å². The minimum atomic E-state index is -0.810. The minimum Gasteiger partial charge on any atom is -0.493 e. The van der Waals surface area contributed by atoms with Gasteiger partial charge < -0.3 is 14.2 Å². The summed E-state index contributed by atoms with van der Waals surface area (Å²) in [6.45, 7) is -0.281. The third-order valence-corrected chi connectivity index (χ3v) is 3.78. The molecule has 0 heterocycles. The summed E-state index contributed by atoms with van der Waals surface area (Å²) >= 11 is 3.15. The molecule has 0 radical (unpaired) electrons.